The third kappa shape index (κ3) is 3.66. The lowest BCUT2D eigenvalue weighted by atomic mass is 10.1. The number of benzene rings is 1. The van der Waals surface area contributed by atoms with Gasteiger partial charge in [-0.25, -0.2) is 0 Å². The number of halogens is 2. The normalized spacial score (nSPS) is 10.3. The van der Waals surface area contributed by atoms with Gasteiger partial charge in [-0.1, -0.05) is 47.5 Å². The molecule has 104 valence electrons. The maximum atomic E-state index is 12.0. The zero-order chi connectivity index (χ0) is 14.5. The Morgan fingerprint density at radius 1 is 1.20 bits per heavy atom. The molecule has 7 heteroatoms. The van der Waals surface area contributed by atoms with Crippen molar-refractivity contribution in [2.75, 3.05) is 0 Å². The van der Waals surface area contributed by atoms with Gasteiger partial charge in [0.25, 0.3) is 5.91 Å². The van der Waals surface area contributed by atoms with Gasteiger partial charge in [-0.05, 0) is 17.2 Å². The largest absolute Gasteiger partial charge is 0.392 e. The maximum absolute atomic E-state index is 12.0. The molecule has 0 spiro atoms. The molecule has 0 bridgehead atoms. The van der Waals surface area contributed by atoms with E-state index in [1.54, 1.807) is 12.1 Å². The summed E-state index contributed by atoms with van der Waals surface area (Å²) in [7, 11) is 0. The van der Waals surface area contributed by atoms with Crippen molar-refractivity contribution in [1.82, 2.24) is 15.5 Å². The van der Waals surface area contributed by atoms with Crippen LogP contribution in [-0.4, -0.2) is 21.2 Å². The number of rotatable bonds is 4. The molecular formula is C13H11Cl2N3O2. The summed E-state index contributed by atoms with van der Waals surface area (Å²) in [5.41, 5.74) is 1.82. The second kappa shape index (κ2) is 6.65. The Hall–Kier alpha value is -1.69. The predicted molar refractivity (Wildman–Crippen MR) is 75.6 cm³/mol. The lowest BCUT2D eigenvalue weighted by Crippen LogP contribution is -2.23. The molecule has 0 saturated heterocycles. The van der Waals surface area contributed by atoms with Crippen LogP contribution in [0.5, 0.6) is 0 Å². The van der Waals surface area contributed by atoms with E-state index in [1.165, 1.54) is 6.07 Å². The van der Waals surface area contributed by atoms with Gasteiger partial charge in [0.2, 0.25) is 0 Å². The van der Waals surface area contributed by atoms with Gasteiger partial charge in [-0.15, -0.1) is 10.2 Å². The number of nitrogens with zero attached hydrogens (tertiary/aromatic N) is 2. The number of carbonyl (C=O) groups is 1. The predicted octanol–water partition coefficient (Wildman–Crippen LogP) is 2.21. The van der Waals surface area contributed by atoms with Crippen molar-refractivity contribution in [3.63, 3.8) is 0 Å². The second-order valence-electron chi connectivity index (χ2n) is 4.03. The molecule has 0 atom stereocenters. The van der Waals surface area contributed by atoms with E-state index in [2.05, 4.69) is 15.5 Å². The van der Waals surface area contributed by atoms with Gasteiger partial charge < -0.3 is 10.4 Å². The highest BCUT2D eigenvalue weighted by molar-refractivity contribution is 6.34. The Bertz CT molecular complexity index is 635. The molecule has 20 heavy (non-hydrogen) atoms. The Balaban J connectivity index is 2.06. The van der Waals surface area contributed by atoms with E-state index in [4.69, 9.17) is 28.3 Å². The van der Waals surface area contributed by atoms with Gasteiger partial charge in [0, 0.05) is 6.54 Å². The minimum Gasteiger partial charge on any atom is -0.392 e. The molecule has 2 N–H and O–H groups in total. The molecule has 2 aromatic rings. The Kier molecular flexibility index (Phi) is 4.89. The Morgan fingerprint density at radius 3 is 2.70 bits per heavy atom. The molecule has 0 unspecified atom stereocenters. The summed E-state index contributed by atoms with van der Waals surface area (Å²) in [6.45, 7) is 0.264. The van der Waals surface area contributed by atoms with E-state index in [9.17, 15) is 4.79 Å². The minimum atomic E-state index is -0.388. The number of amides is 1. The van der Waals surface area contributed by atoms with Crippen LogP contribution in [0.1, 0.15) is 21.5 Å². The number of hydrogen-bond acceptors (Lipinski definition) is 4. The lowest BCUT2D eigenvalue weighted by Gasteiger charge is -2.07. The topological polar surface area (TPSA) is 75.1 Å². The average Bonchev–Trinajstić information content (AvgIpc) is 2.47. The highest BCUT2D eigenvalue weighted by Gasteiger charge is 2.12. The highest BCUT2D eigenvalue weighted by Crippen LogP contribution is 2.15. The Morgan fingerprint density at radius 2 is 1.95 bits per heavy atom. The molecular weight excluding hydrogens is 301 g/mol. The lowest BCUT2D eigenvalue weighted by molar-refractivity contribution is 0.0950. The number of aliphatic hydroxyl groups excluding tert-OH is 1. The molecule has 1 amide bonds. The molecule has 0 saturated carbocycles. The molecule has 2 rings (SSSR count). The first kappa shape index (κ1) is 14.7. The number of aliphatic hydroxyl groups is 1. The van der Waals surface area contributed by atoms with Crippen LogP contribution in [0.25, 0.3) is 0 Å². The van der Waals surface area contributed by atoms with E-state index in [0.29, 0.717) is 6.54 Å². The van der Waals surface area contributed by atoms with Gasteiger partial charge in [0.1, 0.15) is 0 Å². The zero-order valence-electron chi connectivity index (χ0n) is 10.3. The van der Waals surface area contributed by atoms with E-state index >= 15 is 0 Å². The van der Waals surface area contributed by atoms with Crippen LogP contribution in [-0.2, 0) is 13.2 Å². The van der Waals surface area contributed by atoms with Gasteiger partial charge in [-0.3, -0.25) is 4.79 Å². The summed E-state index contributed by atoms with van der Waals surface area (Å²) in [4.78, 5) is 12.0. The van der Waals surface area contributed by atoms with Crippen LogP contribution < -0.4 is 5.32 Å². The quantitative estimate of drug-likeness (QED) is 0.907. The second-order valence-corrected chi connectivity index (χ2v) is 4.78. The molecule has 0 fully saturated rings. The van der Waals surface area contributed by atoms with Gasteiger partial charge in [-0.2, -0.15) is 0 Å². The summed E-state index contributed by atoms with van der Waals surface area (Å²) in [5, 5.41) is 19.0. The molecule has 0 radical (unpaired) electrons. The monoisotopic (exact) mass is 311 g/mol. The summed E-state index contributed by atoms with van der Waals surface area (Å²) in [5.74, 6) is -0.388. The van der Waals surface area contributed by atoms with E-state index in [-0.39, 0.29) is 28.4 Å². The van der Waals surface area contributed by atoms with Crippen molar-refractivity contribution >= 4 is 29.1 Å². The first-order valence-electron chi connectivity index (χ1n) is 5.75. The first-order valence-corrected chi connectivity index (χ1v) is 6.51. The fourth-order valence-corrected chi connectivity index (χ4v) is 1.95. The molecule has 0 aliphatic carbocycles. The number of aromatic nitrogens is 2. The van der Waals surface area contributed by atoms with E-state index in [1.807, 2.05) is 12.1 Å². The first-order chi connectivity index (χ1) is 9.60. The molecule has 1 heterocycles. The summed E-state index contributed by atoms with van der Waals surface area (Å²) >= 11 is 11.5. The zero-order valence-corrected chi connectivity index (χ0v) is 11.8. The molecule has 1 aromatic carbocycles. The standard InChI is InChI=1S/C13H11Cl2N3O2/c14-11-5-10(12(15)18-17-11)13(20)16-6-8-2-1-3-9(4-8)7-19/h1-5,19H,6-7H2,(H,16,20). The van der Waals surface area contributed by atoms with Crippen LogP contribution >= 0.6 is 23.2 Å². The maximum Gasteiger partial charge on any atom is 0.254 e. The van der Waals surface area contributed by atoms with Crippen molar-refractivity contribution in [2.45, 2.75) is 13.2 Å². The van der Waals surface area contributed by atoms with Crippen LogP contribution in [0, 0.1) is 0 Å². The summed E-state index contributed by atoms with van der Waals surface area (Å²) < 4.78 is 0. The Labute approximate surface area is 125 Å². The van der Waals surface area contributed by atoms with Crippen LogP contribution in [0.2, 0.25) is 10.3 Å². The number of carbonyl (C=O) groups excluding carboxylic acids is 1. The van der Waals surface area contributed by atoms with E-state index in [0.717, 1.165) is 11.1 Å². The molecule has 0 aliphatic rings. The van der Waals surface area contributed by atoms with Crippen LogP contribution in [0.3, 0.4) is 0 Å². The van der Waals surface area contributed by atoms with Crippen molar-refractivity contribution < 1.29 is 9.90 Å². The third-order valence-electron chi connectivity index (χ3n) is 2.59. The van der Waals surface area contributed by atoms with Gasteiger partial charge in [0.05, 0.1) is 12.2 Å². The molecule has 5 nitrogen and oxygen atoms in total. The van der Waals surface area contributed by atoms with Gasteiger partial charge >= 0.3 is 0 Å². The number of nitrogens with one attached hydrogen (secondary N) is 1. The smallest absolute Gasteiger partial charge is 0.254 e. The highest BCUT2D eigenvalue weighted by atomic mass is 35.5. The van der Waals surface area contributed by atoms with Crippen LogP contribution in [0.15, 0.2) is 30.3 Å². The van der Waals surface area contributed by atoms with Gasteiger partial charge in [0.15, 0.2) is 10.3 Å². The van der Waals surface area contributed by atoms with Crippen molar-refractivity contribution in [3.8, 4) is 0 Å². The fourth-order valence-electron chi connectivity index (χ4n) is 1.63. The molecule has 0 aliphatic heterocycles. The van der Waals surface area contributed by atoms with Crippen LogP contribution in [0.4, 0.5) is 0 Å². The molecule has 1 aromatic heterocycles. The van der Waals surface area contributed by atoms with Crippen molar-refractivity contribution in [2.24, 2.45) is 0 Å². The summed E-state index contributed by atoms with van der Waals surface area (Å²) in [6.07, 6.45) is 0. The SMILES string of the molecule is O=C(NCc1cccc(CO)c1)c1cc(Cl)nnc1Cl. The number of hydrogen-bond donors (Lipinski definition) is 2. The van der Waals surface area contributed by atoms with Crippen molar-refractivity contribution in [1.29, 1.82) is 0 Å². The summed E-state index contributed by atoms with van der Waals surface area (Å²) in [6, 6.07) is 8.62. The van der Waals surface area contributed by atoms with E-state index < -0.39 is 0 Å². The average molecular weight is 312 g/mol. The minimum absolute atomic E-state index is 0.00370. The van der Waals surface area contributed by atoms with Crippen molar-refractivity contribution in [3.05, 3.63) is 57.3 Å². The fraction of sp³-hybridized carbons (Fsp3) is 0.154. The third-order valence-corrected chi connectivity index (χ3v) is 3.05.